The maximum absolute atomic E-state index is 9.62. The zero-order valence-electron chi connectivity index (χ0n) is 6.92. The van der Waals surface area contributed by atoms with E-state index in [-0.39, 0.29) is 0 Å². The largest absolute Gasteiger partial charge is 0.384 e. The predicted molar refractivity (Wildman–Crippen MR) is 58.9 cm³/mol. The molecule has 0 saturated heterocycles. The van der Waals surface area contributed by atoms with Gasteiger partial charge in [0.1, 0.15) is 0 Å². The molecule has 0 fully saturated rings. The Kier molecular flexibility index (Phi) is 3.29. The maximum atomic E-state index is 9.62. The summed E-state index contributed by atoms with van der Waals surface area (Å²) in [6.07, 6.45) is -0.528. The van der Waals surface area contributed by atoms with Gasteiger partial charge < -0.3 is 5.11 Å². The highest BCUT2D eigenvalue weighted by atomic mass is 127. The molecule has 1 rings (SSSR count). The van der Waals surface area contributed by atoms with Gasteiger partial charge in [0.05, 0.1) is 6.10 Å². The lowest BCUT2D eigenvalue weighted by Gasteiger charge is -2.10. The summed E-state index contributed by atoms with van der Waals surface area (Å²) in [5.74, 6) is 0. The Bertz CT molecular complexity index is 294. The van der Waals surface area contributed by atoms with E-state index in [4.69, 9.17) is 0 Å². The zero-order chi connectivity index (χ0) is 9.14. The Labute approximate surface area is 86.3 Å². The normalized spacial score (nSPS) is 12.6. The first-order chi connectivity index (χ1) is 5.61. The van der Waals surface area contributed by atoms with Crippen LogP contribution in [0.3, 0.4) is 0 Å². The van der Waals surface area contributed by atoms with Crippen LogP contribution in [0.15, 0.2) is 36.4 Å². The summed E-state index contributed by atoms with van der Waals surface area (Å²) in [4.78, 5) is 0. The molecule has 1 nitrogen and oxygen atoms in total. The fourth-order valence-electron chi connectivity index (χ4n) is 0.961. The lowest BCUT2D eigenvalue weighted by Crippen LogP contribution is -1.97. The van der Waals surface area contributed by atoms with E-state index in [0.717, 1.165) is 14.7 Å². The smallest absolute Gasteiger partial charge is 0.0996 e. The van der Waals surface area contributed by atoms with Gasteiger partial charge in [-0.2, -0.15) is 0 Å². The second-order valence-electron chi connectivity index (χ2n) is 2.80. The SMILES string of the molecule is C=C(C)C(O)c1cccc(I)c1. The van der Waals surface area contributed by atoms with Crippen LogP contribution in [0.4, 0.5) is 0 Å². The summed E-state index contributed by atoms with van der Waals surface area (Å²) < 4.78 is 1.13. The number of aliphatic hydroxyl groups excluding tert-OH is 1. The van der Waals surface area contributed by atoms with Crippen LogP contribution in [0.25, 0.3) is 0 Å². The van der Waals surface area contributed by atoms with Gasteiger partial charge >= 0.3 is 0 Å². The molecular formula is C10H11IO. The first-order valence-corrected chi connectivity index (χ1v) is 4.78. The second-order valence-corrected chi connectivity index (χ2v) is 4.05. The van der Waals surface area contributed by atoms with E-state index < -0.39 is 6.10 Å². The lowest BCUT2D eigenvalue weighted by molar-refractivity contribution is 0.216. The third-order valence-electron chi connectivity index (χ3n) is 1.63. The van der Waals surface area contributed by atoms with E-state index in [9.17, 15) is 5.11 Å². The van der Waals surface area contributed by atoms with Gasteiger partial charge in [-0.05, 0) is 52.8 Å². The molecule has 1 aromatic carbocycles. The number of rotatable bonds is 2. The van der Waals surface area contributed by atoms with Gasteiger partial charge in [0, 0.05) is 3.57 Å². The Morgan fingerprint density at radius 3 is 2.75 bits per heavy atom. The summed E-state index contributed by atoms with van der Waals surface area (Å²) in [5.41, 5.74) is 1.69. The van der Waals surface area contributed by atoms with Crippen molar-refractivity contribution in [3.8, 4) is 0 Å². The van der Waals surface area contributed by atoms with Gasteiger partial charge in [0.25, 0.3) is 0 Å². The third-order valence-corrected chi connectivity index (χ3v) is 2.30. The van der Waals surface area contributed by atoms with Crippen molar-refractivity contribution in [1.29, 1.82) is 0 Å². The molecule has 1 N–H and O–H groups in total. The average Bonchev–Trinajstić information content (AvgIpc) is 2.03. The summed E-state index contributed by atoms with van der Waals surface area (Å²) in [5, 5.41) is 9.62. The number of hydrogen-bond acceptors (Lipinski definition) is 1. The van der Waals surface area contributed by atoms with Crippen LogP contribution >= 0.6 is 22.6 Å². The highest BCUT2D eigenvalue weighted by Crippen LogP contribution is 2.20. The summed E-state index contributed by atoms with van der Waals surface area (Å²) >= 11 is 2.22. The molecule has 2 heteroatoms. The standard InChI is InChI=1S/C10H11IO/c1-7(2)10(12)8-4-3-5-9(11)6-8/h3-6,10,12H,1H2,2H3. The van der Waals surface area contributed by atoms with Gasteiger partial charge in [0.15, 0.2) is 0 Å². The lowest BCUT2D eigenvalue weighted by atomic mass is 10.0. The van der Waals surface area contributed by atoms with Crippen molar-refractivity contribution >= 4 is 22.6 Å². The van der Waals surface area contributed by atoms with E-state index in [1.807, 2.05) is 31.2 Å². The summed E-state index contributed by atoms with van der Waals surface area (Å²) in [6.45, 7) is 5.53. The molecule has 0 radical (unpaired) electrons. The van der Waals surface area contributed by atoms with Crippen molar-refractivity contribution in [1.82, 2.24) is 0 Å². The van der Waals surface area contributed by atoms with E-state index in [0.29, 0.717) is 0 Å². The fourth-order valence-corrected chi connectivity index (χ4v) is 1.53. The Morgan fingerprint density at radius 1 is 1.58 bits per heavy atom. The van der Waals surface area contributed by atoms with Crippen molar-refractivity contribution in [2.24, 2.45) is 0 Å². The molecule has 0 heterocycles. The third kappa shape index (κ3) is 2.32. The van der Waals surface area contributed by atoms with Crippen LogP contribution in [0.2, 0.25) is 0 Å². The number of benzene rings is 1. The zero-order valence-corrected chi connectivity index (χ0v) is 9.08. The number of aliphatic hydroxyl groups is 1. The summed E-state index contributed by atoms with van der Waals surface area (Å²) in [6, 6.07) is 7.79. The summed E-state index contributed by atoms with van der Waals surface area (Å²) in [7, 11) is 0. The van der Waals surface area contributed by atoms with Crippen molar-refractivity contribution < 1.29 is 5.11 Å². The van der Waals surface area contributed by atoms with Gasteiger partial charge in [-0.3, -0.25) is 0 Å². The molecule has 0 spiro atoms. The monoisotopic (exact) mass is 274 g/mol. The van der Waals surface area contributed by atoms with Gasteiger partial charge in [-0.25, -0.2) is 0 Å². The van der Waals surface area contributed by atoms with Crippen molar-refractivity contribution in [3.05, 3.63) is 45.6 Å². The number of halogens is 1. The van der Waals surface area contributed by atoms with E-state index in [1.165, 1.54) is 0 Å². The first-order valence-electron chi connectivity index (χ1n) is 3.70. The van der Waals surface area contributed by atoms with E-state index in [1.54, 1.807) is 0 Å². The molecule has 12 heavy (non-hydrogen) atoms. The van der Waals surface area contributed by atoms with E-state index in [2.05, 4.69) is 29.2 Å². The molecule has 0 aliphatic rings. The molecule has 64 valence electrons. The molecule has 0 amide bonds. The van der Waals surface area contributed by atoms with Crippen LogP contribution in [0, 0.1) is 3.57 Å². The van der Waals surface area contributed by atoms with Crippen LogP contribution in [-0.2, 0) is 0 Å². The topological polar surface area (TPSA) is 20.2 Å². The second kappa shape index (κ2) is 4.05. The Morgan fingerprint density at radius 2 is 2.25 bits per heavy atom. The van der Waals surface area contributed by atoms with Crippen LogP contribution < -0.4 is 0 Å². The molecule has 0 aromatic heterocycles. The highest BCUT2D eigenvalue weighted by molar-refractivity contribution is 14.1. The van der Waals surface area contributed by atoms with Crippen molar-refractivity contribution in [2.75, 3.05) is 0 Å². The van der Waals surface area contributed by atoms with Crippen LogP contribution in [0.1, 0.15) is 18.6 Å². The number of hydrogen-bond donors (Lipinski definition) is 1. The molecule has 1 aromatic rings. The highest BCUT2D eigenvalue weighted by Gasteiger charge is 2.06. The minimum atomic E-state index is -0.528. The average molecular weight is 274 g/mol. The van der Waals surface area contributed by atoms with Gasteiger partial charge in [-0.15, -0.1) is 0 Å². The van der Waals surface area contributed by atoms with Crippen molar-refractivity contribution in [2.45, 2.75) is 13.0 Å². The molecule has 0 bridgehead atoms. The van der Waals surface area contributed by atoms with Crippen LogP contribution in [0.5, 0.6) is 0 Å². The quantitative estimate of drug-likeness (QED) is 0.649. The van der Waals surface area contributed by atoms with Gasteiger partial charge in [-0.1, -0.05) is 18.7 Å². The molecular weight excluding hydrogens is 263 g/mol. The molecule has 0 aliphatic heterocycles. The maximum Gasteiger partial charge on any atom is 0.0996 e. The van der Waals surface area contributed by atoms with E-state index >= 15 is 0 Å². The molecule has 0 saturated carbocycles. The molecule has 1 unspecified atom stereocenters. The molecule has 0 aliphatic carbocycles. The first kappa shape index (κ1) is 9.74. The Hall–Kier alpha value is -0.350. The Balaban J connectivity index is 2.95. The fraction of sp³-hybridized carbons (Fsp3) is 0.200. The van der Waals surface area contributed by atoms with Gasteiger partial charge in [0.2, 0.25) is 0 Å². The van der Waals surface area contributed by atoms with Crippen LogP contribution in [-0.4, -0.2) is 5.11 Å². The molecule has 1 atom stereocenters. The van der Waals surface area contributed by atoms with Crippen molar-refractivity contribution in [3.63, 3.8) is 0 Å². The minimum absolute atomic E-state index is 0.528. The minimum Gasteiger partial charge on any atom is -0.384 e. The predicted octanol–water partition coefficient (Wildman–Crippen LogP) is 2.90.